The molecule has 1 heterocycles. The van der Waals surface area contributed by atoms with E-state index in [9.17, 15) is 0 Å². The Morgan fingerprint density at radius 2 is 2.25 bits per heavy atom. The minimum Gasteiger partial charge on any atom is -0.454 e. The molecule has 0 radical (unpaired) electrons. The van der Waals surface area contributed by atoms with Crippen molar-refractivity contribution < 1.29 is 9.47 Å². The molecule has 0 saturated heterocycles. The Balaban J connectivity index is 1.65. The second-order valence-corrected chi connectivity index (χ2v) is 6.09. The van der Waals surface area contributed by atoms with Gasteiger partial charge in [-0.3, -0.25) is 0 Å². The number of ether oxygens (including phenoxy) is 2. The summed E-state index contributed by atoms with van der Waals surface area (Å²) in [6.45, 7) is 7.36. The van der Waals surface area contributed by atoms with Crippen LogP contribution in [0, 0.1) is 0 Å². The van der Waals surface area contributed by atoms with Crippen molar-refractivity contribution >= 4 is 11.8 Å². The standard InChI is InChI=1S/C16H23NO2S/c1-3-9-20-10-8-17-13(2)4-5-14-6-7-15-16(11-14)19-12-18-15/h3,6-7,11,13,17H,1,4-5,8-10,12H2,2H3. The highest BCUT2D eigenvalue weighted by molar-refractivity contribution is 7.99. The third kappa shape index (κ3) is 4.76. The summed E-state index contributed by atoms with van der Waals surface area (Å²) in [5, 5.41) is 3.55. The van der Waals surface area contributed by atoms with E-state index in [1.165, 1.54) is 5.56 Å². The lowest BCUT2D eigenvalue weighted by Crippen LogP contribution is -2.28. The van der Waals surface area contributed by atoms with Crippen molar-refractivity contribution in [1.29, 1.82) is 0 Å². The van der Waals surface area contributed by atoms with E-state index in [1.54, 1.807) is 0 Å². The van der Waals surface area contributed by atoms with E-state index in [4.69, 9.17) is 9.47 Å². The second-order valence-electron chi connectivity index (χ2n) is 4.95. The van der Waals surface area contributed by atoms with Gasteiger partial charge in [-0.15, -0.1) is 6.58 Å². The molecule has 1 aromatic carbocycles. The molecule has 2 rings (SSSR count). The maximum absolute atomic E-state index is 5.40. The number of benzene rings is 1. The fraction of sp³-hybridized carbons (Fsp3) is 0.500. The minimum absolute atomic E-state index is 0.346. The van der Waals surface area contributed by atoms with Gasteiger partial charge < -0.3 is 14.8 Å². The normalized spacial score (nSPS) is 14.2. The number of aryl methyl sites for hydroxylation is 1. The molecule has 1 N–H and O–H groups in total. The van der Waals surface area contributed by atoms with Gasteiger partial charge in [0.1, 0.15) is 0 Å². The Kier molecular flexibility index (Phi) is 6.27. The first kappa shape index (κ1) is 15.3. The summed E-state index contributed by atoms with van der Waals surface area (Å²) in [6, 6.07) is 6.75. The molecule has 110 valence electrons. The molecule has 3 nitrogen and oxygen atoms in total. The molecule has 0 saturated carbocycles. The van der Waals surface area contributed by atoms with Crippen molar-refractivity contribution in [3.8, 4) is 11.5 Å². The van der Waals surface area contributed by atoms with Crippen LogP contribution in [0.15, 0.2) is 30.9 Å². The molecule has 1 unspecified atom stereocenters. The molecule has 1 aromatic rings. The number of nitrogens with one attached hydrogen (secondary N) is 1. The highest BCUT2D eigenvalue weighted by Crippen LogP contribution is 2.32. The average molecular weight is 293 g/mol. The van der Waals surface area contributed by atoms with Crippen LogP contribution >= 0.6 is 11.8 Å². The van der Waals surface area contributed by atoms with Gasteiger partial charge in [-0.1, -0.05) is 12.1 Å². The number of fused-ring (bicyclic) bond motifs is 1. The van der Waals surface area contributed by atoms with Gasteiger partial charge in [-0.25, -0.2) is 0 Å². The third-order valence-electron chi connectivity index (χ3n) is 3.28. The fourth-order valence-corrected chi connectivity index (χ4v) is 2.72. The van der Waals surface area contributed by atoms with Gasteiger partial charge in [0.05, 0.1) is 0 Å². The maximum atomic E-state index is 5.40. The van der Waals surface area contributed by atoms with Crippen molar-refractivity contribution in [3.63, 3.8) is 0 Å². The molecule has 1 aliphatic rings. The van der Waals surface area contributed by atoms with E-state index in [1.807, 2.05) is 23.9 Å². The lowest BCUT2D eigenvalue weighted by atomic mass is 10.1. The van der Waals surface area contributed by atoms with E-state index in [-0.39, 0.29) is 0 Å². The zero-order chi connectivity index (χ0) is 14.2. The lowest BCUT2D eigenvalue weighted by Gasteiger charge is -2.13. The van der Waals surface area contributed by atoms with E-state index >= 15 is 0 Å². The summed E-state index contributed by atoms with van der Waals surface area (Å²) in [5.41, 5.74) is 1.31. The van der Waals surface area contributed by atoms with Gasteiger partial charge in [0, 0.05) is 24.1 Å². The first-order chi connectivity index (χ1) is 9.79. The van der Waals surface area contributed by atoms with Crippen LogP contribution in [0.2, 0.25) is 0 Å². The van der Waals surface area contributed by atoms with Crippen molar-refractivity contribution in [2.24, 2.45) is 0 Å². The van der Waals surface area contributed by atoms with Crippen molar-refractivity contribution in [1.82, 2.24) is 5.32 Å². The van der Waals surface area contributed by atoms with Gasteiger partial charge >= 0.3 is 0 Å². The van der Waals surface area contributed by atoms with Crippen molar-refractivity contribution in [2.75, 3.05) is 24.8 Å². The first-order valence-electron chi connectivity index (χ1n) is 7.10. The summed E-state index contributed by atoms with van der Waals surface area (Å²) in [6.07, 6.45) is 4.14. The van der Waals surface area contributed by atoms with Crippen LogP contribution in [0.4, 0.5) is 0 Å². The van der Waals surface area contributed by atoms with Crippen molar-refractivity contribution in [2.45, 2.75) is 25.8 Å². The zero-order valence-corrected chi connectivity index (χ0v) is 12.9. The second kappa shape index (κ2) is 8.22. The largest absolute Gasteiger partial charge is 0.454 e. The molecule has 1 atom stereocenters. The van der Waals surface area contributed by atoms with Crippen LogP contribution in [0.1, 0.15) is 18.9 Å². The third-order valence-corrected chi connectivity index (χ3v) is 4.24. The predicted molar refractivity (Wildman–Crippen MR) is 85.9 cm³/mol. The van der Waals surface area contributed by atoms with Gasteiger partial charge in [-0.05, 0) is 37.5 Å². The highest BCUT2D eigenvalue weighted by atomic mass is 32.2. The number of rotatable bonds is 9. The molecule has 0 fully saturated rings. The maximum Gasteiger partial charge on any atom is 0.231 e. The molecular weight excluding hydrogens is 270 g/mol. The SMILES string of the molecule is C=CCSCCNC(C)CCc1ccc2c(c1)OCO2. The molecule has 0 aliphatic carbocycles. The first-order valence-corrected chi connectivity index (χ1v) is 8.25. The Hall–Kier alpha value is -1.13. The van der Waals surface area contributed by atoms with E-state index in [0.717, 1.165) is 42.4 Å². The summed E-state index contributed by atoms with van der Waals surface area (Å²) in [7, 11) is 0. The molecule has 20 heavy (non-hydrogen) atoms. The summed E-state index contributed by atoms with van der Waals surface area (Å²) < 4.78 is 10.7. The van der Waals surface area contributed by atoms with Gasteiger partial charge in [0.2, 0.25) is 6.79 Å². The predicted octanol–water partition coefficient (Wildman–Crippen LogP) is 3.25. The van der Waals surface area contributed by atoms with E-state index in [2.05, 4.69) is 31.0 Å². The molecule has 0 bridgehead atoms. The fourth-order valence-electron chi connectivity index (χ4n) is 2.13. The zero-order valence-electron chi connectivity index (χ0n) is 12.1. The van der Waals surface area contributed by atoms with Crippen LogP contribution in [0.25, 0.3) is 0 Å². The van der Waals surface area contributed by atoms with Gasteiger partial charge in [0.15, 0.2) is 11.5 Å². The number of thioether (sulfide) groups is 1. The van der Waals surface area contributed by atoms with Gasteiger partial charge in [0.25, 0.3) is 0 Å². The Morgan fingerprint density at radius 1 is 1.40 bits per heavy atom. The summed E-state index contributed by atoms with van der Waals surface area (Å²) in [5.74, 6) is 3.91. The lowest BCUT2D eigenvalue weighted by molar-refractivity contribution is 0.174. The van der Waals surface area contributed by atoms with Crippen LogP contribution in [0.5, 0.6) is 11.5 Å². The monoisotopic (exact) mass is 293 g/mol. The number of hydrogen-bond acceptors (Lipinski definition) is 4. The molecule has 0 aromatic heterocycles. The number of hydrogen-bond donors (Lipinski definition) is 1. The molecule has 0 spiro atoms. The topological polar surface area (TPSA) is 30.5 Å². The van der Waals surface area contributed by atoms with Gasteiger partial charge in [-0.2, -0.15) is 11.8 Å². The molecule has 1 aliphatic heterocycles. The Labute approximate surface area is 125 Å². The summed E-state index contributed by atoms with van der Waals surface area (Å²) in [4.78, 5) is 0. The van der Waals surface area contributed by atoms with Crippen molar-refractivity contribution in [3.05, 3.63) is 36.4 Å². The Bertz CT molecular complexity index is 436. The quantitative estimate of drug-likeness (QED) is 0.559. The molecule has 0 amide bonds. The summed E-state index contributed by atoms with van der Waals surface area (Å²) >= 11 is 1.91. The van der Waals surface area contributed by atoms with E-state index < -0.39 is 0 Å². The van der Waals surface area contributed by atoms with Crippen LogP contribution in [0.3, 0.4) is 0 Å². The molecular formula is C16H23NO2S. The van der Waals surface area contributed by atoms with E-state index in [0.29, 0.717) is 12.8 Å². The van der Waals surface area contributed by atoms with Crippen LogP contribution < -0.4 is 14.8 Å². The average Bonchev–Trinajstić information content (AvgIpc) is 2.92. The molecule has 4 heteroatoms. The Morgan fingerprint density at radius 3 is 3.10 bits per heavy atom. The smallest absolute Gasteiger partial charge is 0.231 e. The van der Waals surface area contributed by atoms with Crippen LogP contribution in [-0.4, -0.2) is 30.9 Å². The minimum atomic E-state index is 0.346. The highest BCUT2D eigenvalue weighted by Gasteiger charge is 2.13. The van der Waals surface area contributed by atoms with Crippen LogP contribution in [-0.2, 0) is 6.42 Å².